The zero-order valence-electron chi connectivity index (χ0n) is 12.4. The van der Waals surface area contributed by atoms with E-state index in [0.29, 0.717) is 37.4 Å². The van der Waals surface area contributed by atoms with Crippen molar-refractivity contribution >= 4 is 27.1 Å². The summed E-state index contributed by atoms with van der Waals surface area (Å²) in [7, 11) is -2.97. The molecule has 9 heteroatoms. The van der Waals surface area contributed by atoms with E-state index in [1.165, 1.54) is 11.3 Å². The molecule has 1 fully saturated rings. The molecule has 1 saturated heterocycles. The summed E-state index contributed by atoms with van der Waals surface area (Å²) in [6.45, 7) is 0. The Bertz CT molecular complexity index is 768. The molecule has 1 N–H and O–H groups in total. The van der Waals surface area contributed by atoms with Crippen LogP contribution in [0.4, 0.5) is 0 Å². The predicted octanol–water partition coefficient (Wildman–Crippen LogP) is 1.42. The second kappa shape index (κ2) is 6.79. The van der Waals surface area contributed by atoms with Gasteiger partial charge in [0.1, 0.15) is 0 Å². The van der Waals surface area contributed by atoms with Crippen LogP contribution in [0.2, 0.25) is 0 Å². The number of rotatable bonds is 6. The first kappa shape index (κ1) is 16.1. The van der Waals surface area contributed by atoms with E-state index in [2.05, 4.69) is 15.5 Å². The molecular formula is C14H17N3O4S2. The average Bonchev–Trinajstić information content (AvgIpc) is 3.19. The van der Waals surface area contributed by atoms with Gasteiger partial charge in [-0.15, -0.1) is 11.3 Å². The summed E-state index contributed by atoms with van der Waals surface area (Å²) >= 11 is 1.54. The van der Waals surface area contributed by atoms with Gasteiger partial charge in [-0.3, -0.25) is 4.79 Å². The quantitative estimate of drug-likeness (QED) is 0.841. The lowest BCUT2D eigenvalue weighted by Gasteiger charge is -2.09. The number of amides is 1. The van der Waals surface area contributed by atoms with Gasteiger partial charge >= 0.3 is 0 Å². The first-order valence-corrected chi connectivity index (χ1v) is 10.1. The summed E-state index contributed by atoms with van der Waals surface area (Å²) in [4.78, 5) is 17.1. The van der Waals surface area contributed by atoms with Crippen LogP contribution in [0.3, 0.4) is 0 Å². The summed E-state index contributed by atoms with van der Waals surface area (Å²) < 4.78 is 27.9. The Morgan fingerprint density at radius 3 is 3.04 bits per heavy atom. The van der Waals surface area contributed by atoms with Crippen molar-refractivity contribution in [2.24, 2.45) is 0 Å². The third-order valence-corrected chi connectivity index (χ3v) is 6.24. The standard InChI is InChI=1S/C14H17N3O4S2/c18-12(15-10-6-8-23(19,20)9-10)4-1-5-13-16-14(17-21-13)11-3-2-7-22-11/h2-3,7,10H,1,4-6,8-9H2,(H,15,18). The first-order valence-electron chi connectivity index (χ1n) is 7.38. The van der Waals surface area contributed by atoms with Crippen molar-refractivity contribution in [2.45, 2.75) is 31.7 Å². The Labute approximate surface area is 138 Å². The molecule has 1 aliphatic heterocycles. The predicted molar refractivity (Wildman–Crippen MR) is 85.8 cm³/mol. The maximum Gasteiger partial charge on any atom is 0.226 e. The van der Waals surface area contributed by atoms with Crippen molar-refractivity contribution < 1.29 is 17.7 Å². The van der Waals surface area contributed by atoms with E-state index in [4.69, 9.17) is 4.52 Å². The molecule has 0 aliphatic carbocycles. The molecule has 1 amide bonds. The van der Waals surface area contributed by atoms with E-state index in [0.717, 1.165) is 4.88 Å². The second-order valence-corrected chi connectivity index (χ2v) is 8.69. The fourth-order valence-corrected chi connectivity index (χ4v) is 4.79. The third-order valence-electron chi connectivity index (χ3n) is 3.60. The number of hydrogen-bond donors (Lipinski definition) is 1. The number of hydrogen-bond acceptors (Lipinski definition) is 7. The van der Waals surface area contributed by atoms with Gasteiger partial charge in [0.2, 0.25) is 17.6 Å². The average molecular weight is 355 g/mol. The fraction of sp³-hybridized carbons (Fsp3) is 0.500. The lowest BCUT2D eigenvalue weighted by Crippen LogP contribution is -2.35. The van der Waals surface area contributed by atoms with E-state index in [1.807, 2.05) is 17.5 Å². The van der Waals surface area contributed by atoms with Crippen LogP contribution in [0.5, 0.6) is 0 Å². The SMILES string of the molecule is O=C(CCCc1nc(-c2cccs2)no1)NC1CCS(=O)(=O)C1. The van der Waals surface area contributed by atoms with E-state index in [1.54, 1.807) is 0 Å². The van der Waals surface area contributed by atoms with E-state index in [-0.39, 0.29) is 23.5 Å². The van der Waals surface area contributed by atoms with Crippen molar-refractivity contribution in [3.05, 3.63) is 23.4 Å². The zero-order chi connectivity index (χ0) is 16.3. The number of thiophene rings is 1. The van der Waals surface area contributed by atoms with Crippen LogP contribution < -0.4 is 5.32 Å². The highest BCUT2D eigenvalue weighted by molar-refractivity contribution is 7.91. The molecule has 2 aromatic heterocycles. The lowest BCUT2D eigenvalue weighted by molar-refractivity contribution is -0.121. The molecule has 124 valence electrons. The highest BCUT2D eigenvalue weighted by atomic mass is 32.2. The van der Waals surface area contributed by atoms with Gasteiger partial charge in [0, 0.05) is 18.9 Å². The maximum atomic E-state index is 11.8. The second-order valence-electron chi connectivity index (χ2n) is 5.51. The maximum absolute atomic E-state index is 11.8. The van der Waals surface area contributed by atoms with Crippen molar-refractivity contribution in [3.63, 3.8) is 0 Å². The highest BCUT2D eigenvalue weighted by Gasteiger charge is 2.28. The van der Waals surface area contributed by atoms with Crippen LogP contribution in [-0.2, 0) is 21.1 Å². The van der Waals surface area contributed by atoms with Gasteiger partial charge in [0.05, 0.1) is 16.4 Å². The fourth-order valence-electron chi connectivity index (χ4n) is 2.47. The molecular weight excluding hydrogens is 338 g/mol. The van der Waals surface area contributed by atoms with Crippen LogP contribution in [-0.4, -0.2) is 42.0 Å². The summed E-state index contributed by atoms with van der Waals surface area (Å²) in [6, 6.07) is 3.59. The molecule has 2 aromatic rings. The molecule has 7 nitrogen and oxygen atoms in total. The monoisotopic (exact) mass is 355 g/mol. The number of nitrogens with zero attached hydrogens (tertiary/aromatic N) is 2. The zero-order valence-corrected chi connectivity index (χ0v) is 14.0. The van der Waals surface area contributed by atoms with Gasteiger partial charge in [-0.2, -0.15) is 4.98 Å². The van der Waals surface area contributed by atoms with Gasteiger partial charge in [0.15, 0.2) is 9.84 Å². The number of nitrogens with one attached hydrogen (secondary N) is 1. The molecule has 23 heavy (non-hydrogen) atoms. The molecule has 0 aromatic carbocycles. The molecule has 1 unspecified atom stereocenters. The molecule has 0 radical (unpaired) electrons. The highest BCUT2D eigenvalue weighted by Crippen LogP contribution is 2.21. The minimum absolute atomic E-state index is 0.0482. The lowest BCUT2D eigenvalue weighted by atomic mass is 10.2. The van der Waals surface area contributed by atoms with Gasteiger partial charge in [-0.05, 0) is 24.3 Å². The van der Waals surface area contributed by atoms with Crippen LogP contribution in [0, 0.1) is 0 Å². The molecule has 1 aliphatic rings. The van der Waals surface area contributed by atoms with E-state index >= 15 is 0 Å². The van der Waals surface area contributed by atoms with Gasteiger partial charge in [-0.25, -0.2) is 8.42 Å². The van der Waals surface area contributed by atoms with Crippen LogP contribution in [0.1, 0.15) is 25.2 Å². The Hall–Kier alpha value is -1.74. The van der Waals surface area contributed by atoms with Gasteiger partial charge in [0.25, 0.3) is 0 Å². The number of aromatic nitrogens is 2. The van der Waals surface area contributed by atoms with Crippen molar-refractivity contribution in [2.75, 3.05) is 11.5 Å². The van der Waals surface area contributed by atoms with Crippen molar-refractivity contribution in [1.29, 1.82) is 0 Å². The van der Waals surface area contributed by atoms with Crippen molar-refractivity contribution in [1.82, 2.24) is 15.5 Å². The summed E-state index contributed by atoms with van der Waals surface area (Å²) in [6.07, 6.45) is 1.92. The third kappa shape index (κ3) is 4.38. The number of sulfone groups is 1. The Morgan fingerprint density at radius 2 is 2.35 bits per heavy atom. The Kier molecular flexibility index (Phi) is 4.76. The smallest absolute Gasteiger partial charge is 0.226 e. The minimum atomic E-state index is -2.97. The molecule has 0 spiro atoms. The number of carbonyl (C=O) groups excluding carboxylic acids is 1. The van der Waals surface area contributed by atoms with Crippen LogP contribution in [0.15, 0.2) is 22.0 Å². The molecule has 1 atom stereocenters. The van der Waals surface area contributed by atoms with Crippen LogP contribution >= 0.6 is 11.3 Å². The largest absolute Gasteiger partial charge is 0.352 e. The van der Waals surface area contributed by atoms with Gasteiger partial charge in [-0.1, -0.05) is 11.2 Å². The Balaban J connectivity index is 1.42. The molecule has 3 heterocycles. The summed E-state index contributed by atoms with van der Waals surface area (Å²) in [5.74, 6) is 1.14. The molecule has 0 bridgehead atoms. The molecule has 3 rings (SSSR count). The molecule has 0 saturated carbocycles. The first-order chi connectivity index (χ1) is 11.0. The number of aryl methyl sites for hydroxylation is 1. The van der Waals surface area contributed by atoms with E-state index < -0.39 is 9.84 Å². The summed E-state index contributed by atoms with van der Waals surface area (Å²) in [5.41, 5.74) is 0. The van der Waals surface area contributed by atoms with Crippen molar-refractivity contribution in [3.8, 4) is 10.7 Å². The Morgan fingerprint density at radius 1 is 1.48 bits per heavy atom. The van der Waals surface area contributed by atoms with Gasteiger partial charge < -0.3 is 9.84 Å². The summed E-state index contributed by atoms with van der Waals surface area (Å²) in [5, 5.41) is 8.62. The van der Waals surface area contributed by atoms with Crippen LogP contribution in [0.25, 0.3) is 10.7 Å². The normalized spacial score (nSPS) is 19.7. The minimum Gasteiger partial charge on any atom is -0.352 e. The number of carbonyl (C=O) groups is 1. The topological polar surface area (TPSA) is 102 Å². The van der Waals surface area contributed by atoms with E-state index in [9.17, 15) is 13.2 Å².